The third kappa shape index (κ3) is 18.1. The summed E-state index contributed by atoms with van der Waals surface area (Å²) in [6, 6.07) is -0.666. The lowest BCUT2D eigenvalue weighted by atomic mass is 10.0. The van der Waals surface area contributed by atoms with E-state index in [0.29, 0.717) is 19.4 Å². The molecule has 202 valence electrons. The number of aromatic amines is 1. The van der Waals surface area contributed by atoms with Gasteiger partial charge in [0, 0.05) is 24.7 Å². The van der Waals surface area contributed by atoms with Gasteiger partial charge in [-0.2, -0.15) is 0 Å². The van der Waals surface area contributed by atoms with Crippen LogP contribution in [0.3, 0.4) is 0 Å². The van der Waals surface area contributed by atoms with Crippen LogP contribution in [0.25, 0.3) is 0 Å². The molecule has 1 atom stereocenters. The van der Waals surface area contributed by atoms with Crippen molar-refractivity contribution in [2.75, 3.05) is 6.61 Å². The van der Waals surface area contributed by atoms with E-state index in [-0.39, 0.29) is 11.9 Å². The van der Waals surface area contributed by atoms with Crippen LogP contribution < -0.4 is 5.32 Å². The Morgan fingerprint density at radius 2 is 1.31 bits per heavy atom. The van der Waals surface area contributed by atoms with Gasteiger partial charge in [-0.25, -0.2) is 9.78 Å². The average Bonchev–Trinajstić information content (AvgIpc) is 3.37. The number of amides is 1. The zero-order valence-electron chi connectivity index (χ0n) is 22.8. The number of nitrogens with zero attached hydrogens (tertiary/aromatic N) is 1. The summed E-state index contributed by atoms with van der Waals surface area (Å²) in [7, 11) is 0. The Hall–Kier alpha value is -1.85. The molecule has 0 spiro atoms. The molecule has 0 aromatic carbocycles. The number of unbranched alkanes of at least 4 members (excludes halogenated alkanes) is 16. The Bertz CT molecular complexity index is 619. The Kier molecular flexibility index (Phi) is 20.1. The quantitative estimate of drug-likeness (QED) is 0.116. The zero-order chi connectivity index (χ0) is 25.4. The minimum absolute atomic E-state index is 0.0797. The highest BCUT2D eigenvalue weighted by Gasteiger charge is 2.23. The fourth-order valence-corrected chi connectivity index (χ4v) is 4.39. The molecule has 0 radical (unpaired) electrons. The fraction of sp³-hybridized carbons (Fsp3) is 0.828. The van der Waals surface area contributed by atoms with Crippen molar-refractivity contribution in [2.24, 2.45) is 0 Å². The minimum Gasteiger partial charge on any atom is -0.464 e. The second-order valence-corrected chi connectivity index (χ2v) is 9.98. The number of hydrogen-bond donors (Lipinski definition) is 2. The van der Waals surface area contributed by atoms with E-state index in [0.717, 1.165) is 25.0 Å². The van der Waals surface area contributed by atoms with E-state index in [2.05, 4.69) is 22.2 Å². The van der Waals surface area contributed by atoms with Gasteiger partial charge in [0.05, 0.1) is 12.9 Å². The largest absolute Gasteiger partial charge is 0.464 e. The van der Waals surface area contributed by atoms with Crippen LogP contribution in [-0.4, -0.2) is 34.5 Å². The molecule has 0 saturated carbocycles. The number of esters is 1. The van der Waals surface area contributed by atoms with Crippen molar-refractivity contribution >= 4 is 11.9 Å². The molecule has 1 aromatic rings. The van der Waals surface area contributed by atoms with Crippen LogP contribution in [0.15, 0.2) is 12.5 Å². The maximum atomic E-state index is 12.4. The molecule has 2 N–H and O–H groups in total. The van der Waals surface area contributed by atoms with E-state index in [1.807, 2.05) is 6.92 Å². The molecule has 0 fully saturated rings. The highest BCUT2D eigenvalue weighted by atomic mass is 16.5. The van der Waals surface area contributed by atoms with Crippen molar-refractivity contribution in [2.45, 2.75) is 148 Å². The molecule has 1 rings (SSSR count). The lowest BCUT2D eigenvalue weighted by Crippen LogP contribution is -2.43. The average molecular weight is 492 g/mol. The van der Waals surface area contributed by atoms with Gasteiger partial charge < -0.3 is 15.0 Å². The number of imidazole rings is 1. The summed E-state index contributed by atoms with van der Waals surface area (Å²) in [5.41, 5.74) is 0.807. The highest BCUT2D eigenvalue weighted by molar-refractivity contribution is 5.84. The summed E-state index contributed by atoms with van der Waals surface area (Å²) in [4.78, 5) is 31.7. The van der Waals surface area contributed by atoms with Crippen LogP contribution in [-0.2, 0) is 20.7 Å². The Labute approximate surface area is 214 Å². The zero-order valence-corrected chi connectivity index (χ0v) is 22.8. The summed E-state index contributed by atoms with van der Waals surface area (Å²) in [6.45, 7) is 4.60. The number of H-pyrrole nitrogens is 1. The van der Waals surface area contributed by atoms with Crippen molar-refractivity contribution in [3.05, 3.63) is 18.2 Å². The summed E-state index contributed by atoms with van der Waals surface area (Å²) < 4.78 is 5.25. The van der Waals surface area contributed by atoms with Crippen LogP contribution in [0, 0.1) is 0 Å². The van der Waals surface area contributed by atoms with Crippen molar-refractivity contribution in [1.29, 1.82) is 0 Å². The third-order valence-corrected chi connectivity index (χ3v) is 6.55. The van der Waals surface area contributed by atoms with Crippen LogP contribution >= 0.6 is 0 Å². The molecule has 6 nitrogen and oxygen atoms in total. The summed E-state index contributed by atoms with van der Waals surface area (Å²) in [5.74, 6) is -0.457. The van der Waals surface area contributed by atoms with Gasteiger partial charge in [0.15, 0.2) is 0 Å². The predicted molar refractivity (Wildman–Crippen MR) is 144 cm³/mol. The Morgan fingerprint density at radius 3 is 1.77 bits per heavy atom. The van der Waals surface area contributed by atoms with E-state index in [1.54, 1.807) is 12.5 Å². The van der Waals surface area contributed by atoms with E-state index in [9.17, 15) is 9.59 Å². The highest BCUT2D eigenvalue weighted by Crippen LogP contribution is 2.14. The summed E-state index contributed by atoms with van der Waals surface area (Å²) in [5, 5.41) is 2.86. The minimum atomic E-state index is -0.666. The SMILES string of the molecule is CCCCCCCCCCCCCCCCCCCC(=O)N[C@@H](Cc1cnc[nH]1)C(=O)OCCC. The van der Waals surface area contributed by atoms with E-state index in [1.165, 1.54) is 96.3 Å². The van der Waals surface area contributed by atoms with Crippen LogP contribution in [0.4, 0.5) is 0 Å². The molecule has 1 heterocycles. The first kappa shape index (κ1) is 31.2. The van der Waals surface area contributed by atoms with E-state index < -0.39 is 6.04 Å². The number of carbonyl (C=O) groups excluding carboxylic acids is 2. The Balaban J connectivity index is 1.98. The number of carbonyl (C=O) groups is 2. The van der Waals surface area contributed by atoms with Gasteiger partial charge in [0.25, 0.3) is 0 Å². The van der Waals surface area contributed by atoms with Crippen LogP contribution in [0.5, 0.6) is 0 Å². The topological polar surface area (TPSA) is 84.1 Å². The van der Waals surface area contributed by atoms with Gasteiger partial charge in [-0.15, -0.1) is 0 Å². The predicted octanol–water partition coefficient (Wildman–Crippen LogP) is 7.43. The number of rotatable bonds is 24. The van der Waals surface area contributed by atoms with Crippen molar-refractivity contribution in [3.63, 3.8) is 0 Å². The molecular weight excluding hydrogens is 438 g/mol. The van der Waals surface area contributed by atoms with Gasteiger partial charge >= 0.3 is 5.97 Å². The van der Waals surface area contributed by atoms with Gasteiger partial charge in [-0.1, -0.05) is 117 Å². The molecule has 0 aliphatic rings. The molecule has 0 unspecified atom stereocenters. The molecule has 35 heavy (non-hydrogen) atoms. The maximum Gasteiger partial charge on any atom is 0.329 e. The number of hydrogen-bond acceptors (Lipinski definition) is 4. The first-order chi connectivity index (χ1) is 17.2. The first-order valence-electron chi connectivity index (χ1n) is 14.6. The number of nitrogens with one attached hydrogen (secondary N) is 2. The van der Waals surface area contributed by atoms with E-state index >= 15 is 0 Å². The molecule has 1 amide bonds. The van der Waals surface area contributed by atoms with Gasteiger partial charge in [0.1, 0.15) is 6.04 Å². The summed E-state index contributed by atoms with van der Waals surface area (Å²) >= 11 is 0. The van der Waals surface area contributed by atoms with Gasteiger partial charge in [0.2, 0.25) is 5.91 Å². The van der Waals surface area contributed by atoms with Gasteiger partial charge in [-0.3, -0.25) is 4.79 Å². The third-order valence-electron chi connectivity index (χ3n) is 6.55. The van der Waals surface area contributed by atoms with Crippen molar-refractivity contribution < 1.29 is 14.3 Å². The standard InChI is InChI=1S/C29H53N3O3/c1-3-5-6-7-8-9-10-11-12-13-14-15-16-17-18-19-20-21-28(33)32-27(29(34)35-22-4-2)23-26-24-30-25-31-26/h24-25,27H,3-23H2,1-2H3,(H,30,31)(H,32,33)/t27-/m0/s1. The second-order valence-electron chi connectivity index (χ2n) is 9.98. The van der Waals surface area contributed by atoms with Crippen molar-refractivity contribution in [1.82, 2.24) is 15.3 Å². The monoisotopic (exact) mass is 491 g/mol. The second kappa shape index (κ2) is 22.6. The first-order valence-corrected chi connectivity index (χ1v) is 14.6. The Morgan fingerprint density at radius 1 is 0.800 bits per heavy atom. The molecule has 0 aliphatic carbocycles. The molecule has 6 heteroatoms. The van der Waals surface area contributed by atoms with Crippen LogP contribution in [0.2, 0.25) is 0 Å². The lowest BCUT2D eigenvalue weighted by molar-refractivity contribution is -0.147. The molecule has 1 aromatic heterocycles. The number of ether oxygens (including phenoxy) is 1. The molecular formula is C29H53N3O3. The fourth-order valence-electron chi connectivity index (χ4n) is 4.39. The number of aromatic nitrogens is 2. The lowest BCUT2D eigenvalue weighted by Gasteiger charge is -2.17. The van der Waals surface area contributed by atoms with Gasteiger partial charge in [-0.05, 0) is 12.8 Å². The summed E-state index contributed by atoms with van der Waals surface area (Å²) in [6.07, 6.45) is 27.3. The molecule has 0 saturated heterocycles. The molecule has 0 bridgehead atoms. The molecule has 0 aliphatic heterocycles. The normalized spacial score (nSPS) is 11.9. The van der Waals surface area contributed by atoms with Crippen LogP contribution in [0.1, 0.15) is 142 Å². The smallest absolute Gasteiger partial charge is 0.329 e. The maximum absolute atomic E-state index is 12.4. The van der Waals surface area contributed by atoms with E-state index in [4.69, 9.17) is 4.74 Å². The van der Waals surface area contributed by atoms with Crippen molar-refractivity contribution in [3.8, 4) is 0 Å².